The fraction of sp³-hybridized carbons (Fsp3) is 0.226. The minimum absolute atomic E-state index is 0.240. The Kier molecular flexibility index (Phi) is 5.40. The first kappa shape index (κ1) is 24.3. The monoisotopic (exact) mass is 534 g/mol. The van der Waals surface area contributed by atoms with Crippen molar-refractivity contribution in [2.75, 3.05) is 16.8 Å². The highest BCUT2D eigenvalue weighted by molar-refractivity contribution is 6.26. The molecule has 1 aromatic heterocycles. The lowest BCUT2D eigenvalue weighted by Gasteiger charge is -2.29. The summed E-state index contributed by atoms with van der Waals surface area (Å²) in [4.78, 5) is 58.6. The van der Waals surface area contributed by atoms with Crippen LogP contribution in [0.1, 0.15) is 28.4 Å². The van der Waals surface area contributed by atoms with E-state index in [1.807, 2.05) is 48.7 Å². The topological polar surface area (TPSA) is 121 Å². The molecule has 0 saturated carbocycles. The van der Waals surface area contributed by atoms with Gasteiger partial charge in [-0.05, 0) is 55.3 Å². The molecule has 0 unspecified atom stereocenters. The number of imide groups is 1. The maximum atomic E-state index is 14.2. The second-order valence-electron chi connectivity index (χ2n) is 10.4. The Morgan fingerprint density at radius 1 is 0.950 bits per heavy atom. The number of rotatable bonds is 5. The predicted octanol–water partition coefficient (Wildman–Crippen LogP) is 3.51. The van der Waals surface area contributed by atoms with E-state index < -0.39 is 35.3 Å². The Morgan fingerprint density at radius 3 is 2.50 bits per heavy atom. The molecule has 1 spiro atoms. The maximum absolute atomic E-state index is 14.2. The normalized spacial score (nSPS) is 25.0. The number of fused-ring (bicyclic) bond motifs is 5. The van der Waals surface area contributed by atoms with Gasteiger partial charge in [-0.25, -0.2) is 9.69 Å². The molecule has 40 heavy (non-hydrogen) atoms. The third kappa shape index (κ3) is 3.31. The predicted molar refractivity (Wildman–Crippen MR) is 148 cm³/mol. The number of hydrogen-bond acceptors (Lipinski definition) is 6. The molecule has 4 aromatic rings. The molecule has 0 radical (unpaired) electrons. The van der Waals surface area contributed by atoms with Crippen LogP contribution < -0.4 is 15.5 Å². The van der Waals surface area contributed by atoms with Crippen molar-refractivity contribution in [3.63, 3.8) is 0 Å². The number of hydrogen-bond donors (Lipinski definition) is 3. The Morgan fingerprint density at radius 2 is 1.70 bits per heavy atom. The van der Waals surface area contributed by atoms with Crippen LogP contribution in [-0.4, -0.2) is 41.3 Å². The first-order valence-corrected chi connectivity index (χ1v) is 13.3. The summed E-state index contributed by atoms with van der Waals surface area (Å²) >= 11 is 0. The maximum Gasteiger partial charge on any atom is 0.338 e. The van der Waals surface area contributed by atoms with Crippen LogP contribution in [0.2, 0.25) is 0 Å². The Balaban J connectivity index is 1.32. The molecule has 2 fully saturated rings. The third-order valence-corrected chi connectivity index (χ3v) is 8.37. The number of H-pyrrole nitrogens is 1. The van der Waals surface area contributed by atoms with Gasteiger partial charge in [0, 0.05) is 34.4 Å². The summed E-state index contributed by atoms with van der Waals surface area (Å²) in [5, 5.41) is 7.45. The zero-order chi connectivity index (χ0) is 27.6. The summed E-state index contributed by atoms with van der Waals surface area (Å²) in [6, 6.07) is 20.9. The molecule has 3 aliphatic rings. The number of aromatic amines is 1. The highest BCUT2D eigenvalue weighted by Crippen LogP contribution is 2.54. The molecular weight excluding hydrogens is 508 g/mol. The number of carbonyl (C=O) groups is 4. The zero-order valence-corrected chi connectivity index (χ0v) is 21.6. The number of nitrogens with zero attached hydrogens (tertiary/aromatic N) is 1. The molecule has 2 saturated heterocycles. The van der Waals surface area contributed by atoms with Crippen molar-refractivity contribution in [2.45, 2.75) is 24.9 Å². The SMILES string of the molecule is CCOC(=O)c1ccc(N2C(=O)[C@H]3[C@@H](C2=O)[C@@]2(N[C@@H]3Cc3c[nH]c4ccccc34)C(=O)Nc3ccccc32)cc1. The lowest BCUT2D eigenvalue weighted by molar-refractivity contribution is -0.130. The second-order valence-corrected chi connectivity index (χ2v) is 10.4. The van der Waals surface area contributed by atoms with Gasteiger partial charge in [-0.1, -0.05) is 36.4 Å². The number of anilines is 2. The van der Waals surface area contributed by atoms with Crippen LogP contribution in [0.15, 0.2) is 79.0 Å². The number of ether oxygens (including phenoxy) is 1. The molecule has 0 bridgehead atoms. The molecule has 200 valence electrons. The molecule has 4 heterocycles. The van der Waals surface area contributed by atoms with Gasteiger partial charge in [-0.3, -0.25) is 19.7 Å². The summed E-state index contributed by atoms with van der Waals surface area (Å²) in [6.07, 6.45) is 2.36. The lowest BCUT2D eigenvalue weighted by Crippen LogP contribution is -2.53. The number of carbonyl (C=O) groups excluding carboxylic acids is 4. The molecule has 9 nitrogen and oxygen atoms in total. The summed E-state index contributed by atoms with van der Waals surface area (Å²) < 4.78 is 5.06. The summed E-state index contributed by atoms with van der Waals surface area (Å²) in [6.45, 7) is 1.96. The summed E-state index contributed by atoms with van der Waals surface area (Å²) in [5.41, 5.74) is 2.55. The van der Waals surface area contributed by atoms with Crippen molar-refractivity contribution >= 4 is 46.0 Å². The van der Waals surface area contributed by atoms with Crippen LogP contribution >= 0.6 is 0 Å². The van der Waals surface area contributed by atoms with E-state index in [2.05, 4.69) is 15.6 Å². The highest BCUT2D eigenvalue weighted by atomic mass is 16.5. The van der Waals surface area contributed by atoms with Gasteiger partial charge < -0.3 is 15.0 Å². The van der Waals surface area contributed by atoms with E-state index in [0.717, 1.165) is 16.5 Å². The number of esters is 1. The average Bonchev–Trinajstić information content (AvgIpc) is 3.68. The molecule has 3 N–H and O–H groups in total. The van der Waals surface area contributed by atoms with Crippen molar-refractivity contribution < 1.29 is 23.9 Å². The number of aromatic nitrogens is 1. The van der Waals surface area contributed by atoms with E-state index >= 15 is 0 Å². The largest absolute Gasteiger partial charge is 0.462 e. The van der Waals surface area contributed by atoms with Crippen LogP contribution in [0.3, 0.4) is 0 Å². The molecule has 3 aliphatic heterocycles. The van der Waals surface area contributed by atoms with E-state index in [0.29, 0.717) is 28.9 Å². The Bertz CT molecular complexity index is 1710. The Labute approximate surface area is 229 Å². The van der Waals surface area contributed by atoms with Crippen molar-refractivity contribution in [1.29, 1.82) is 0 Å². The second kappa shape index (κ2) is 8.89. The third-order valence-electron chi connectivity index (χ3n) is 8.37. The lowest BCUT2D eigenvalue weighted by atomic mass is 9.76. The first-order chi connectivity index (χ1) is 19.4. The van der Waals surface area contributed by atoms with E-state index in [4.69, 9.17) is 4.74 Å². The first-order valence-electron chi connectivity index (χ1n) is 13.3. The van der Waals surface area contributed by atoms with Crippen LogP contribution in [0, 0.1) is 11.8 Å². The van der Waals surface area contributed by atoms with Crippen molar-refractivity contribution in [2.24, 2.45) is 11.8 Å². The summed E-state index contributed by atoms with van der Waals surface area (Å²) in [5.74, 6) is -3.35. The minimum atomic E-state index is -1.38. The summed E-state index contributed by atoms with van der Waals surface area (Å²) in [7, 11) is 0. The van der Waals surface area contributed by atoms with E-state index in [1.54, 1.807) is 25.1 Å². The molecule has 3 aromatic carbocycles. The smallest absolute Gasteiger partial charge is 0.338 e. The average molecular weight is 535 g/mol. The van der Waals surface area contributed by atoms with E-state index in [9.17, 15) is 19.2 Å². The van der Waals surface area contributed by atoms with Gasteiger partial charge in [0.2, 0.25) is 17.7 Å². The van der Waals surface area contributed by atoms with Crippen LogP contribution in [0.25, 0.3) is 10.9 Å². The van der Waals surface area contributed by atoms with Gasteiger partial charge in [0.25, 0.3) is 0 Å². The molecule has 9 heteroatoms. The minimum Gasteiger partial charge on any atom is -0.462 e. The van der Waals surface area contributed by atoms with E-state index in [-0.39, 0.29) is 18.4 Å². The van der Waals surface area contributed by atoms with Gasteiger partial charge in [-0.2, -0.15) is 0 Å². The van der Waals surface area contributed by atoms with Gasteiger partial charge in [0.15, 0.2) is 0 Å². The van der Waals surface area contributed by atoms with Gasteiger partial charge in [0.05, 0.1) is 29.7 Å². The highest BCUT2D eigenvalue weighted by Gasteiger charge is 2.70. The van der Waals surface area contributed by atoms with Crippen LogP contribution in [0.4, 0.5) is 11.4 Å². The Hall–Kier alpha value is -4.76. The van der Waals surface area contributed by atoms with Gasteiger partial charge in [-0.15, -0.1) is 0 Å². The van der Waals surface area contributed by atoms with Gasteiger partial charge >= 0.3 is 5.97 Å². The molecule has 0 aliphatic carbocycles. The quantitative estimate of drug-likeness (QED) is 0.266. The van der Waals surface area contributed by atoms with Crippen molar-refractivity contribution in [3.8, 4) is 0 Å². The van der Waals surface area contributed by atoms with Crippen LogP contribution in [0.5, 0.6) is 0 Å². The van der Waals surface area contributed by atoms with E-state index in [1.165, 1.54) is 17.0 Å². The number of nitrogens with one attached hydrogen (secondary N) is 3. The van der Waals surface area contributed by atoms with Crippen molar-refractivity contribution in [1.82, 2.24) is 10.3 Å². The van der Waals surface area contributed by atoms with Crippen LogP contribution in [-0.2, 0) is 31.1 Å². The zero-order valence-electron chi connectivity index (χ0n) is 21.6. The van der Waals surface area contributed by atoms with Gasteiger partial charge in [0.1, 0.15) is 5.54 Å². The number of benzene rings is 3. The standard InChI is InChI=1S/C31H26N4O5/c1-2-40-29(38)17-11-13-19(14-12-17)35-27(36)25-24(15-18-16-32-22-9-5-3-7-20(18)22)34-31(26(25)28(35)37)21-8-4-6-10-23(21)33-30(31)39/h3-14,16,24-26,32,34H,2,15H2,1H3,(H,33,39)/t24-,25-,26+,31-/m1/s1. The number of para-hydroxylation sites is 2. The van der Waals surface area contributed by atoms with Crippen molar-refractivity contribution in [3.05, 3.63) is 95.7 Å². The fourth-order valence-electron chi connectivity index (χ4n) is 6.69. The molecule has 7 rings (SSSR count). The molecule has 4 atom stereocenters. The number of amides is 3. The molecular formula is C31H26N4O5. The molecule has 3 amide bonds. The fourth-order valence-corrected chi connectivity index (χ4v) is 6.69.